The number of aliphatic carboxylic acids is 1. The minimum atomic E-state index is -0.898. The van der Waals surface area contributed by atoms with Gasteiger partial charge in [-0.1, -0.05) is 6.92 Å². The van der Waals surface area contributed by atoms with E-state index in [-0.39, 0.29) is 0 Å². The van der Waals surface area contributed by atoms with Gasteiger partial charge in [0.25, 0.3) is 0 Å². The minimum Gasteiger partial charge on any atom is -0.480 e. The Labute approximate surface area is 103 Å². The van der Waals surface area contributed by atoms with Crippen molar-refractivity contribution in [3.8, 4) is 0 Å². The molecular formula is C11H13N3O2S. The number of fused-ring (bicyclic) bond motifs is 1. The molecule has 0 bridgehead atoms. The van der Waals surface area contributed by atoms with E-state index in [0.717, 1.165) is 22.5 Å². The SMILES string of the molecule is CCc1nc(N[C@H](C)C(=O)O)c2ccsc2n1. The molecule has 0 aliphatic carbocycles. The van der Waals surface area contributed by atoms with Gasteiger partial charge in [-0.2, -0.15) is 0 Å². The number of carbonyl (C=O) groups is 1. The van der Waals surface area contributed by atoms with Gasteiger partial charge in [0.2, 0.25) is 0 Å². The Bertz CT molecular complexity index is 553. The second-order valence-corrected chi connectivity index (χ2v) is 4.58. The van der Waals surface area contributed by atoms with Crippen molar-refractivity contribution >= 4 is 33.3 Å². The lowest BCUT2D eigenvalue weighted by molar-refractivity contribution is -0.137. The molecule has 2 aromatic heterocycles. The first kappa shape index (κ1) is 11.8. The Hall–Kier alpha value is -1.69. The number of aromatic nitrogens is 2. The van der Waals surface area contributed by atoms with E-state index in [1.54, 1.807) is 6.92 Å². The fraction of sp³-hybridized carbons (Fsp3) is 0.364. The normalized spacial score (nSPS) is 12.6. The summed E-state index contributed by atoms with van der Waals surface area (Å²) in [6.07, 6.45) is 0.726. The van der Waals surface area contributed by atoms with E-state index in [1.165, 1.54) is 11.3 Å². The number of rotatable bonds is 4. The van der Waals surface area contributed by atoms with Crippen LogP contribution in [-0.2, 0) is 11.2 Å². The first-order valence-corrected chi connectivity index (χ1v) is 6.23. The zero-order valence-electron chi connectivity index (χ0n) is 9.60. The standard InChI is InChI=1S/C11H13N3O2S/c1-3-8-13-9(12-6(2)11(15)16)7-4-5-17-10(7)14-8/h4-6H,3H2,1-2H3,(H,15,16)(H,12,13,14)/t6-/m1/s1. The lowest BCUT2D eigenvalue weighted by Crippen LogP contribution is -2.26. The largest absolute Gasteiger partial charge is 0.480 e. The van der Waals surface area contributed by atoms with Crippen molar-refractivity contribution in [2.24, 2.45) is 0 Å². The third kappa shape index (κ3) is 2.36. The third-order valence-corrected chi connectivity index (χ3v) is 3.22. The third-order valence-electron chi connectivity index (χ3n) is 2.41. The number of carboxylic acid groups (broad SMARTS) is 1. The van der Waals surface area contributed by atoms with Crippen molar-refractivity contribution in [2.45, 2.75) is 26.3 Å². The number of aryl methyl sites for hydroxylation is 1. The quantitative estimate of drug-likeness (QED) is 0.870. The van der Waals surface area contributed by atoms with Gasteiger partial charge in [0.15, 0.2) is 0 Å². The fourth-order valence-corrected chi connectivity index (χ4v) is 2.22. The van der Waals surface area contributed by atoms with E-state index in [0.29, 0.717) is 5.82 Å². The minimum absolute atomic E-state index is 0.600. The summed E-state index contributed by atoms with van der Waals surface area (Å²) < 4.78 is 0. The molecule has 0 aliphatic rings. The Morgan fingerprint density at radius 1 is 1.59 bits per heavy atom. The molecule has 2 N–H and O–H groups in total. The number of carboxylic acids is 1. The van der Waals surface area contributed by atoms with Gasteiger partial charge in [-0.05, 0) is 18.4 Å². The highest BCUT2D eigenvalue weighted by Crippen LogP contribution is 2.25. The van der Waals surface area contributed by atoms with Crippen LogP contribution in [0, 0.1) is 0 Å². The second kappa shape index (κ2) is 4.67. The van der Waals surface area contributed by atoms with Gasteiger partial charge in [0.05, 0.1) is 5.39 Å². The Morgan fingerprint density at radius 2 is 2.35 bits per heavy atom. The molecule has 5 nitrogen and oxygen atoms in total. The van der Waals surface area contributed by atoms with E-state index >= 15 is 0 Å². The summed E-state index contributed by atoms with van der Waals surface area (Å²) >= 11 is 1.53. The highest BCUT2D eigenvalue weighted by atomic mass is 32.1. The smallest absolute Gasteiger partial charge is 0.325 e. The van der Waals surface area contributed by atoms with Gasteiger partial charge in [-0.25, -0.2) is 9.97 Å². The topological polar surface area (TPSA) is 75.1 Å². The van der Waals surface area contributed by atoms with Gasteiger partial charge in [0, 0.05) is 6.42 Å². The Balaban J connectivity index is 2.43. The highest BCUT2D eigenvalue weighted by Gasteiger charge is 2.14. The molecule has 0 aliphatic heterocycles. The highest BCUT2D eigenvalue weighted by molar-refractivity contribution is 7.16. The van der Waals surface area contributed by atoms with Crippen LogP contribution in [0.3, 0.4) is 0 Å². The molecule has 90 valence electrons. The number of thiophene rings is 1. The summed E-state index contributed by atoms with van der Waals surface area (Å²) in [6, 6.07) is 1.23. The van der Waals surface area contributed by atoms with Crippen LogP contribution >= 0.6 is 11.3 Å². The maximum absolute atomic E-state index is 10.8. The van der Waals surface area contributed by atoms with Crippen molar-refractivity contribution in [3.63, 3.8) is 0 Å². The molecule has 1 atom stereocenters. The molecule has 0 aromatic carbocycles. The lowest BCUT2D eigenvalue weighted by atomic mass is 10.3. The van der Waals surface area contributed by atoms with E-state index in [1.807, 2.05) is 18.4 Å². The predicted octanol–water partition coefficient (Wildman–Crippen LogP) is 2.14. The zero-order valence-corrected chi connectivity index (χ0v) is 10.4. The molecule has 0 spiro atoms. The lowest BCUT2D eigenvalue weighted by Gasteiger charge is -2.11. The number of hydrogen-bond donors (Lipinski definition) is 2. The van der Waals surface area contributed by atoms with E-state index in [2.05, 4.69) is 15.3 Å². The van der Waals surface area contributed by atoms with Crippen LogP contribution in [0.25, 0.3) is 10.2 Å². The average Bonchev–Trinajstić information content (AvgIpc) is 2.76. The molecule has 0 amide bonds. The zero-order chi connectivity index (χ0) is 12.4. The summed E-state index contributed by atoms with van der Waals surface area (Å²) in [7, 11) is 0. The molecule has 0 radical (unpaired) electrons. The first-order valence-electron chi connectivity index (χ1n) is 5.35. The monoisotopic (exact) mass is 251 g/mol. The summed E-state index contributed by atoms with van der Waals surface area (Å²) in [5, 5.41) is 14.6. The van der Waals surface area contributed by atoms with Crippen LogP contribution in [0.5, 0.6) is 0 Å². The van der Waals surface area contributed by atoms with Crippen LogP contribution in [0.1, 0.15) is 19.7 Å². The summed E-state index contributed by atoms with van der Waals surface area (Å²) in [6.45, 7) is 3.56. The predicted molar refractivity (Wildman–Crippen MR) is 67.5 cm³/mol. The van der Waals surface area contributed by atoms with Crippen molar-refractivity contribution in [1.29, 1.82) is 0 Å². The van der Waals surface area contributed by atoms with Crippen LogP contribution in [0.15, 0.2) is 11.4 Å². The maximum atomic E-state index is 10.8. The molecule has 17 heavy (non-hydrogen) atoms. The van der Waals surface area contributed by atoms with Crippen LogP contribution < -0.4 is 5.32 Å². The summed E-state index contributed by atoms with van der Waals surface area (Å²) in [5.74, 6) is 0.424. The number of nitrogens with zero attached hydrogens (tertiary/aromatic N) is 2. The van der Waals surface area contributed by atoms with Crippen molar-refractivity contribution in [3.05, 3.63) is 17.3 Å². The van der Waals surface area contributed by atoms with E-state index in [4.69, 9.17) is 5.11 Å². The van der Waals surface area contributed by atoms with Crippen LogP contribution in [0.4, 0.5) is 5.82 Å². The molecular weight excluding hydrogens is 238 g/mol. The Kier molecular flexibility index (Phi) is 3.23. The molecule has 0 saturated heterocycles. The summed E-state index contributed by atoms with van der Waals surface area (Å²) in [4.78, 5) is 20.4. The number of nitrogens with one attached hydrogen (secondary N) is 1. The number of hydrogen-bond acceptors (Lipinski definition) is 5. The molecule has 0 fully saturated rings. The second-order valence-electron chi connectivity index (χ2n) is 3.69. The van der Waals surface area contributed by atoms with Crippen molar-refractivity contribution in [1.82, 2.24) is 9.97 Å². The van der Waals surface area contributed by atoms with Gasteiger partial charge in [0.1, 0.15) is 22.5 Å². The van der Waals surface area contributed by atoms with E-state index in [9.17, 15) is 4.79 Å². The average molecular weight is 251 g/mol. The van der Waals surface area contributed by atoms with Gasteiger partial charge in [-0.3, -0.25) is 4.79 Å². The van der Waals surface area contributed by atoms with Gasteiger partial charge >= 0.3 is 5.97 Å². The van der Waals surface area contributed by atoms with Crippen LogP contribution in [0.2, 0.25) is 0 Å². The van der Waals surface area contributed by atoms with Crippen molar-refractivity contribution in [2.75, 3.05) is 5.32 Å². The van der Waals surface area contributed by atoms with Gasteiger partial charge in [-0.15, -0.1) is 11.3 Å². The molecule has 2 rings (SSSR count). The maximum Gasteiger partial charge on any atom is 0.325 e. The van der Waals surface area contributed by atoms with Crippen molar-refractivity contribution < 1.29 is 9.90 Å². The Morgan fingerprint density at radius 3 is 3.00 bits per heavy atom. The molecule has 0 unspecified atom stereocenters. The summed E-state index contributed by atoms with van der Waals surface area (Å²) in [5.41, 5.74) is 0. The number of anilines is 1. The van der Waals surface area contributed by atoms with Gasteiger partial charge < -0.3 is 10.4 Å². The molecule has 2 aromatic rings. The molecule has 6 heteroatoms. The molecule has 0 saturated carbocycles. The van der Waals surface area contributed by atoms with Crippen LogP contribution in [-0.4, -0.2) is 27.1 Å². The van der Waals surface area contributed by atoms with E-state index < -0.39 is 12.0 Å². The molecule has 2 heterocycles. The fourth-order valence-electron chi connectivity index (χ4n) is 1.43. The first-order chi connectivity index (χ1) is 8.11.